The van der Waals surface area contributed by atoms with Crippen molar-refractivity contribution in [2.45, 2.75) is 0 Å². The minimum Gasteiger partial charge on any atom is -0.497 e. The van der Waals surface area contributed by atoms with Crippen molar-refractivity contribution in [1.29, 1.82) is 0 Å². The van der Waals surface area contributed by atoms with Gasteiger partial charge in [0, 0.05) is 16.7 Å². The van der Waals surface area contributed by atoms with Crippen LogP contribution >= 0.6 is 15.9 Å². The third-order valence-corrected chi connectivity index (χ3v) is 3.27. The van der Waals surface area contributed by atoms with Crippen LogP contribution in [0.25, 0.3) is 0 Å². The van der Waals surface area contributed by atoms with E-state index in [2.05, 4.69) is 26.2 Å². The van der Waals surface area contributed by atoms with E-state index in [-0.39, 0.29) is 11.4 Å². The number of rotatable bonds is 3. The van der Waals surface area contributed by atoms with Gasteiger partial charge in [-0.3, -0.25) is 4.79 Å². The van der Waals surface area contributed by atoms with Crippen molar-refractivity contribution >= 4 is 33.3 Å². The number of nitrogen functional groups attached to an aromatic ring is 1. The van der Waals surface area contributed by atoms with Crippen molar-refractivity contribution in [2.24, 2.45) is 0 Å². The molecule has 0 aliphatic carbocycles. The number of methoxy groups -OCH3 is 1. The molecule has 0 aliphatic heterocycles. The van der Waals surface area contributed by atoms with E-state index in [1.54, 1.807) is 18.2 Å². The molecule has 7 heteroatoms. The molecule has 1 amide bonds. The van der Waals surface area contributed by atoms with E-state index in [1.807, 2.05) is 0 Å². The predicted molar refractivity (Wildman–Crippen MR) is 77.3 cm³/mol. The summed E-state index contributed by atoms with van der Waals surface area (Å²) in [4.78, 5) is 15.6. The highest BCUT2D eigenvalue weighted by molar-refractivity contribution is 9.10. The number of nitrogens with one attached hydrogen (secondary N) is 1. The second-order valence-electron chi connectivity index (χ2n) is 3.86. The van der Waals surface area contributed by atoms with Crippen molar-refractivity contribution in [3.8, 4) is 5.75 Å². The lowest BCUT2D eigenvalue weighted by atomic mass is 10.2. The Morgan fingerprint density at radius 3 is 2.90 bits per heavy atom. The van der Waals surface area contributed by atoms with Gasteiger partial charge in [-0.1, -0.05) is 0 Å². The highest BCUT2D eigenvalue weighted by atomic mass is 79.9. The first-order valence-electron chi connectivity index (χ1n) is 5.57. The van der Waals surface area contributed by atoms with Gasteiger partial charge >= 0.3 is 0 Å². The molecule has 0 aliphatic rings. The van der Waals surface area contributed by atoms with Gasteiger partial charge in [-0.25, -0.2) is 9.37 Å². The normalized spacial score (nSPS) is 10.2. The van der Waals surface area contributed by atoms with Crippen LogP contribution in [0.15, 0.2) is 34.9 Å². The minimum absolute atomic E-state index is 0.174. The maximum atomic E-state index is 13.7. The number of amides is 1. The van der Waals surface area contributed by atoms with Crippen LogP contribution in [0.3, 0.4) is 0 Å². The topological polar surface area (TPSA) is 77.2 Å². The number of carbonyl (C=O) groups excluding carboxylic acids is 1. The molecule has 0 unspecified atom stereocenters. The first-order valence-corrected chi connectivity index (χ1v) is 6.37. The van der Waals surface area contributed by atoms with Crippen molar-refractivity contribution in [1.82, 2.24) is 4.98 Å². The van der Waals surface area contributed by atoms with E-state index in [0.29, 0.717) is 15.9 Å². The van der Waals surface area contributed by atoms with Crippen LogP contribution in [-0.4, -0.2) is 18.0 Å². The molecule has 0 fully saturated rings. The highest BCUT2D eigenvalue weighted by Gasteiger charge is 2.16. The van der Waals surface area contributed by atoms with Crippen LogP contribution in [0.1, 0.15) is 10.4 Å². The zero-order valence-electron chi connectivity index (χ0n) is 10.5. The van der Waals surface area contributed by atoms with Gasteiger partial charge in [0.05, 0.1) is 18.4 Å². The maximum absolute atomic E-state index is 13.7. The number of anilines is 2. The number of nitrogens with two attached hydrogens (primary N) is 1. The summed E-state index contributed by atoms with van der Waals surface area (Å²) < 4.78 is 19.4. The van der Waals surface area contributed by atoms with E-state index in [4.69, 9.17) is 10.5 Å². The van der Waals surface area contributed by atoms with Gasteiger partial charge in [0.15, 0.2) is 11.6 Å². The third-order valence-electron chi connectivity index (χ3n) is 2.58. The highest BCUT2D eigenvalue weighted by Crippen LogP contribution is 2.27. The molecule has 1 aromatic heterocycles. The summed E-state index contributed by atoms with van der Waals surface area (Å²) in [5.74, 6) is -1.21. The van der Waals surface area contributed by atoms with Crippen LogP contribution in [0.4, 0.5) is 15.9 Å². The number of halogens is 2. The Kier molecular flexibility index (Phi) is 4.19. The number of nitrogens with zero attached hydrogens (tertiary/aromatic N) is 1. The predicted octanol–water partition coefficient (Wildman–Crippen LogP) is 2.83. The van der Waals surface area contributed by atoms with E-state index >= 15 is 0 Å². The maximum Gasteiger partial charge on any atom is 0.258 e. The van der Waals surface area contributed by atoms with Gasteiger partial charge in [0.25, 0.3) is 5.91 Å². The van der Waals surface area contributed by atoms with Crippen molar-refractivity contribution in [3.63, 3.8) is 0 Å². The molecule has 5 nitrogen and oxygen atoms in total. The number of benzene rings is 1. The van der Waals surface area contributed by atoms with Crippen molar-refractivity contribution < 1.29 is 13.9 Å². The van der Waals surface area contributed by atoms with Gasteiger partial charge < -0.3 is 15.8 Å². The SMILES string of the molecule is COc1ccc(Br)c(NC(=O)c2ccnc(N)c2F)c1. The number of aromatic nitrogens is 1. The standard InChI is InChI=1S/C13H11BrFN3O2/c1-20-7-2-3-9(14)10(6-7)18-13(19)8-4-5-17-12(16)11(8)15/h2-6H,1H3,(H2,16,17)(H,18,19). The van der Waals surface area contributed by atoms with Crippen molar-refractivity contribution in [2.75, 3.05) is 18.2 Å². The lowest BCUT2D eigenvalue weighted by Crippen LogP contribution is -2.15. The first-order chi connectivity index (χ1) is 9.52. The second-order valence-corrected chi connectivity index (χ2v) is 4.71. The largest absolute Gasteiger partial charge is 0.497 e. The van der Waals surface area contributed by atoms with Gasteiger partial charge in [-0.15, -0.1) is 0 Å². The van der Waals surface area contributed by atoms with Gasteiger partial charge in [-0.05, 0) is 34.1 Å². The Balaban J connectivity index is 2.30. The van der Waals surface area contributed by atoms with Gasteiger partial charge in [-0.2, -0.15) is 0 Å². The number of pyridine rings is 1. The molecule has 0 atom stereocenters. The van der Waals surface area contributed by atoms with Crippen LogP contribution in [0.2, 0.25) is 0 Å². The molecule has 20 heavy (non-hydrogen) atoms. The Bertz CT molecular complexity index is 664. The lowest BCUT2D eigenvalue weighted by molar-refractivity contribution is 0.102. The van der Waals surface area contributed by atoms with E-state index < -0.39 is 11.7 Å². The van der Waals surface area contributed by atoms with Crippen LogP contribution in [-0.2, 0) is 0 Å². The van der Waals surface area contributed by atoms with E-state index in [9.17, 15) is 9.18 Å². The quantitative estimate of drug-likeness (QED) is 0.901. The molecule has 0 spiro atoms. The van der Waals surface area contributed by atoms with Gasteiger partial charge in [0.2, 0.25) is 0 Å². The fourth-order valence-corrected chi connectivity index (χ4v) is 1.90. The molecular weight excluding hydrogens is 329 g/mol. The first kappa shape index (κ1) is 14.3. The second kappa shape index (κ2) is 5.87. The summed E-state index contributed by atoms with van der Waals surface area (Å²) in [5.41, 5.74) is 5.62. The van der Waals surface area contributed by atoms with E-state index in [1.165, 1.54) is 19.4 Å². The summed E-state index contributed by atoms with van der Waals surface area (Å²) in [6.07, 6.45) is 1.27. The molecule has 0 saturated carbocycles. The molecule has 0 bridgehead atoms. The van der Waals surface area contributed by atoms with Crippen LogP contribution in [0, 0.1) is 5.82 Å². The zero-order chi connectivity index (χ0) is 14.7. The zero-order valence-corrected chi connectivity index (χ0v) is 12.1. The fraction of sp³-hybridized carbons (Fsp3) is 0.0769. The summed E-state index contributed by atoms with van der Waals surface area (Å²) in [6.45, 7) is 0. The molecule has 2 aromatic rings. The Morgan fingerprint density at radius 2 is 2.20 bits per heavy atom. The van der Waals surface area contributed by atoms with Crippen LogP contribution in [0.5, 0.6) is 5.75 Å². The monoisotopic (exact) mass is 339 g/mol. The summed E-state index contributed by atoms with van der Waals surface area (Å²) >= 11 is 3.29. The molecule has 0 radical (unpaired) electrons. The molecular formula is C13H11BrFN3O2. The van der Waals surface area contributed by atoms with E-state index in [0.717, 1.165) is 0 Å². The lowest BCUT2D eigenvalue weighted by Gasteiger charge is -2.10. The molecule has 2 rings (SSSR count). The smallest absolute Gasteiger partial charge is 0.258 e. The van der Waals surface area contributed by atoms with Crippen molar-refractivity contribution in [3.05, 3.63) is 46.3 Å². The summed E-state index contributed by atoms with van der Waals surface area (Å²) in [6, 6.07) is 6.32. The van der Waals surface area contributed by atoms with Crippen LogP contribution < -0.4 is 15.8 Å². The van der Waals surface area contributed by atoms with Gasteiger partial charge in [0.1, 0.15) is 5.75 Å². The average Bonchev–Trinajstić information content (AvgIpc) is 2.44. The average molecular weight is 340 g/mol. The summed E-state index contributed by atoms with van der Waals surface area (Å²) in [7, 11) is 1.51. The number of ether oxygens (including phenoxy) is 1. The fourth-order valence-electron chi connectivity index (χ4n) is 1.55. The Labute approximate surface area is 123 Å². The number of hydrogen-bond acceptors (Lipinski definition) is 4. The Morgan fingerprint density at radius 1 is 1.45 bits per heavy atom. The third kappa shape index (κ3) is 2.88. The molecule has 0 saturated heterocycles. The minimum atomic E-state index is -0.844. The molecule has 1 heterocycles. The molecule has 104 valence electrons. The summed E-state index contributed by atoms with van der Waals surface area (Å²) in [5, 5.41) is 2.58. The molecule has 1 aromatic carbocycles. The number of carbonyl (C=O) groups is 1. The molecule has 3 N–H and O–H groups in total. The number of hydrogen-bond donors (Lipinski definition) is 2. The Hall–Kier alpha value is -2.15.